The highest BCUT2D eigenvalue weighted by atomic mass is 16.2. The molecule has 0 aromatic heterocycles. The first-order valence-corrected chi connectivity index (χ1v) is 4.09. The van der Waals surface area contributed by atoms with E-state index in [-0.39, 0.29) is 5.78 Å². The van der Waals surface area contributed by atoms with Crippen molar-refractivity contribution in [3.05, 3.63) is 0 Å². The van der Waals surface area contributed by atoms with E-state index in [1.807, 2.05) is 0 Å². The lowest BCUT2D eigenvalue weighted by Crippen LogP contribution is -2.45. The number of likely N-dealkylation sites (N-methyl/N-ethyl adjacent to an activating group) is 1. The molecular weight excluding hydrogens is 144 g/mol. The number of piperazine rings is 1. The van der Waals surface area contributed by atoms with Gasteiger partial charge in [-0.1, -0.05) is 0 Å². The number of nitrogens with zero attached hydrogens (tertiary/aromatic N) is 2. The van der Waals surface area contributed by atoms with Crippen molar-refractivity contribution in [1.29, 1.82) is 0 Å². The normalized spacial score (nSPS) is 22.0. The molecule has 1 rings (SSSR count). The molecule has 0 unspecified atom stereocenters. The summed E-state index contributed by atoms with van der Waals surface area (Å²) in [6.07, 6.45) is 0. The van der Waals surface area contributed by atoms with Crippen LogP contribution in [0, 0.1) is 0 Å². The topological polar surface area (TPSA) is 23.6 Å². The molecule has 0 atom stereocenters. The lowest BCUT2D eigenvalue weighted by atomic mass is 10.6. The summed E-state index contributed by atoms with van der Waals surface area (Å²) in [6.45, 7) is 6.54. The SMILES string of the molecule is CC(=O)[13CH2][15N]1CCN(C)[13CH2][13CH2]1. The molecular formula is C8H16N2O. The van der Waals surface area contributed by atoms with Gasteiger partial charge in [0.15, 0.2) is 0 Å². The van der Waals surface area contributed by atoms with Gasteiger partial charge in [0.25, 0.3) is 0 Å². The summed E-state index contributed by atoms with van der Waals surface area (Å²) in [7, 11) is 2.12. The Kier molecular flexibility index (Phi) is 3.02. The van der Waals surface area contributed by atoms with Crippen LogP contribution in [0.5, 0.6) is 0 Å². The molecule has 1 heterocycles. The molecule has 1 aliphatic rings. The second-order valence-electron chi connectivity index (χ2n) is 3.28. The monoisotopic (exact) mass is 160 g/mol. The molecule has 0 radical (unpaired) electrons. The molecule has 64 valence electrons. The smallest absolute Gasteiger partial charge is 0.143 e. The Hall–Kier alpha value is -0.410. The number of carbonyl (C=O) groups is 1. The maximum atomic E-state index is 10.7. The number of hydrogen-bond acceptors (Lipinski definition) is 3. The molecule has 11 heavy (non-hydrogen) atoms. The minimum absolute atomic E-state index is 0.273. The molecule has 0 aromatic rings. The molecule has 1 aliphatic heterocycles. The number of carbonyl (C=O) groups excluding carboxylic acids is 1. The van der Waals surface area contributed by atoms with Crippen LogP contribution in [0.2, 0.25) is 0 Å². The molecule has 3 heteroatoms. The number of hydrogen-bond donors (Lipinski definition) is 0. The van der Waals surface area contributed by atoms with Gasteiger partial charge in [-0.15, -0.1) is 0 Å². The zero-order chi connectivity index (χ0) is 8.27. The molecule has 0 aromatic carbocycles. The van der Waals surface area contributed by atoms with Crippen molar-refractivity contribution in [3.8, 4) is 0 Å². The Bertz CT molecular complexity index is 139. The van der Waals surface area contributed by atoms with Gasteiger partial charge in [-0.3, -0.25) is 9.69 Å². The van der Waals surface area contributed by atoms with Gasteiger partial charge >= 0.3 is 0 Å². The predicted molar refractivity (Wildman–Crippen MR) is 44.6 cm³/mol. The average Bonchev–Trinajstić information content (AvgIpc) is 1.93. The Morgan fingerprint density at radius 3 is 2.27 bits per heavy atom. The van der Waals surface area contributed by atoms with Gasteiger partial charge in [0.05, 0.1) is 6.54 Å². The predicted octanol–water partition coefficient (Wildman–Crippen LogP) is -0.177. The highest BCUT2D eigenvalue weighted by Crippen LogP contribution is 1.97. The van der Waals surface area contributed by atoms with Crippen LogP contribution in [-0.2, 0) is 4.79 Å². The maximum absolute atomic E-state index is 10.7. The largest absolute Gasteiger partial charge is 0.304 e. The van der Waals surface area contributed by atoms with Gasteiger partial charge in [-0.25, -0.2) is 0 Å². The zero-order valence-electron chi connectivity index (χ0n) is 7.34. The molecule has 1 saturated heterocycles. The van der Waals surface area contributed by atoms with Gasteiger partial charge in [0.2, 0.25) is 0 Å². The maximum Gasteiger partial charge on any atom is 0.143 e. The summed E-state index contributed by atoms with van der Waals surface area (Å²) in [6, 6.07) is 0. The van der Waals surface area contributed by atoms with E-state index in [1.165, 1.54) is 0 Å². The summed E-state index contributed by atoms with van der Waals surface area (Å²) >= 11 is 0. The number of rotatable bonds is 2. The summed E-state index contributed by atoms with van der Waals surface area (Å²) in [5.74, 6) is 0.273. The van der Waals surface area contributed by atoms with Gasteiger partial charge in [-0.2, -0.15) is 0 Å². The summed E-state index contributed by atoms with van der Waals surface area (Å²) in [5, 5.41) is 0. The van der Waals surface area contributed by atoms with Crippen molar-refractivity contribution >= 4 is 5.78 Å². The van der Waals surface area contributed by atoms with E-state index in [2.05, 4.69) is 16.8 Å². The van der Waals surface area contributed by atoms with E-state index in [0.29, 0.717) is 6.54 Å². The van der Waals surface area contributed by atoms with Crippen molar-refractivity contribution < 1.29 is 4.79 Å². The molecule has 0 saturated carbocycles. The van der Waals surface area contributed by atoms with Gasteiger partial charge < -0.3 is 4.90 Å². The van der Waals surface area contributed by atoms with E-state index in [4.69, 9.17) is 0 Å². The number of Topliss-reactive ketones (excluding diaryl/α,β-unsaturated/α-hetero) is 1. The first kappa shape index (κ1) is 8.68. The van der Waals surface area contributed by atoms with E-state index in [1.54, 1.807) is 6.92 Å². The van der Waals surface area contributed by atoms with E-state index >= 15 is 0 Å². The van der Waals surface area contributed by atoms with Crippen molar-refractivity contribution in [2.24, 2.45) is 0 Å². The van der Waals surface area contributed by atoms with E-state index in [0.717, 1.165) is 26.2 Å². The lowest BCUT2D eigenvalue weighted by molar-refractivity contribution is -0.118. The fourth-order valence-electron chi connectivity index (χ4n) is 1.32. The fourth-order valence-corrected chi connectivity index (χ4v) is 1.32. The molecule has 0 aliphatic carbocycles. The minimum atomic E-state index is 0.273. The third-order valence-electron chi connectivity index (χ3n) is 2.04. The quantitative estimate of drug-likeness (QED) is 0.413. The van der Waals surface area contributed by atoms with Crippen LogP contribution in [0.25, 0.3) is 0 Å². The summed E-state index contributed by atoms with van der Waals surface area (Å²) < 4.78 is 0. The molecule has 0 amide bonds. The summed E-state index contributed by atoms with van der Waals surface area (Å²) in [5.41, 5.74) is 0. The zero-order valence-corrected chi connectivity index (χ0v) is 7.34. The molecule has 1 fully saturated rings. The van der Waals surface area contributed by atoms with E-state index < -0.39 is 0 Å². The van der Waals surface area contributed by atoms with Crippen LogP contribution in [0.1, 0.15) is 6.92 Å². The Morgan fingerprint density at radius 1 is 1.27 bits per heavy atom. The lowest BCUT2D eigenvalue weighted by Gasteiger charge is -2.31. The highest BCUT2D eigenvalue weighted by molar-refractivity contribution is 5.77. The Balaban J connectivity index is 2.22. The first-order valence-electron chi connectivity index (χ1n) is 4.09. The molecule has 0 spiro atoms. The summed E-state index contributed by atoms with van der Waals surface area (Å²) in [4.78, 5) is 15.2. The van der Waals surface area contributed by atoms with Gasteiger partial charge in [0, 0.05) is 26.2 Å². The average molecular weight is 160 g/mol. The van der Waals surface area contributed by atoms with E-state index in [9.17, 15) is 4.79 Å². The second kappa shape index (κ2) is 3.83. The molecule has 3 nitrogen and oxygen atoms in total. The Labute approximate surface area is 68.0 Å². The van der Waals surface area contributed by atoms with Crippen LogP contribution in [-0.4, -0.2) is 55.4 Å². The van der Waals surface area contributed by atoms with Gasteiger partial charge in [0.1, 0.15) is 5.78 Å². The standard InChI is InChI=1S/C8H16N2O/c1-8(11)7-10-5-3-9(2)4-6-10/h3-7H2,1-2H3/i3+1,5+1,7+1,10+1. The van der Waals surface area contributed by atoms with Crippen LogP contribution < -0.4 is 0 Å². The Morgan fingerprint density at radius 2 is 1.82 bits per heavy atom. The second-order valence-corrected chi connectivity index (χ2v) is 3.28. The highest BCUT2D eigenvalue weighted by Gasteiger charge is 2.13. The van der Waals surface area contributed by atoms with Crippen molar-refractivity contribution in [2.75, 3.05) is 39.8 Å². The van der Waals surface area contributed by atoms with Crippen LogP contribution >= 0.6 is 0 Å². The van der Waals surface area contributed by atoms with Crippen LogP contribution in [0.15, 0.2) is 0 Å². The third-order valence-corrected chi connectivity index (χ3v) is 2.04. The first-order chi connectivity index (χ1) is 5.18. The number of ketones is 1. The fraction of sp³-hybridized carbons (Fsp3) is 0.875. The molecule has 0 N–H and O–H groups in total. The minimum Gasteiger partial charge on any atom is -0.304 e. The van der Waals surface area contributed by atoms with Crippen LogP contribution in [0.4, 0.5) is 0 Å². The van der Waals surface area contributed by atoms with Gasteiger partial charge in [-0.05, 0) is 14.0 Å². The van der Waals surface area contributed by atoms with Crippen molar-refractivity contribution in [3.63, 3.8) is 0 Å². The molecule has 0 bridgehead atoms. The third kappa shape index (κ3) is 2.99. The van der Waals surface area contributed by atoms with Crippen molar-refractivity contribution in [1.82, 2.24) is 9.80 Å². The van der Waals surface area contributed by atoms with Crippen molar-refractivity contribution in [2.45, 2.75) is 6.92 Å². The van der Waals surface area contributed by atoms with Crippen LogP contribution in [0.3, 0.4) is 0 Å².